The Balaban J connectivity index is 2.13. The van der Waals surface area contributed by atoms with Gasteiger partial charge in [-0.15, -0.1) is 0 Å². The van der Waals surface area contributed by atoms with E-state index in [9.17, 15) is 9.59 Å². The Morgan fingerprint density at radius 2 is 2.04 bits per heavy atom. The molecule has 0 saturated heterocycles. The van der Waals surface area contributed by atoms with Gasteiger partial charge in [-0.3, -0.25) is 9.59 Å². The van der Waals surface area contributed by atoms with Crippen molar-refractivity contribution in [2.24, 2.45) is 0 Å². The Hall–Kier alpha value is -2.53. The van der Waals surface area contributed by atoms with Gasteiger partial charge in [0.1, 0.15) is 12.3 Å². The number of halogens is 1. The fraction of sp³-hybridized carbons (Fsp3) is 0.263. The highest BCUT2D eigenvalue weighted by Crippen LogP contribution is 2.37. The largest absolute Gasteiger partial charge is 0.496 e. The van der Waals surface area contributed by atoms with Crippen LogP contribution in [0.1, 0.15) is 22.6 Å². The third-order valence-corrected chi connectivity index (χ3v) is 4.66. The minimum absolute atomic E-state index is 0.158. The monoisotopic (exact) mass is 359 g/mol. The fourth-order valence-electron chi connectivity index (χ4n) is 3.28. The molecule has 1 unspecified atom stereocenters. The molecular formula is C19H18ClNO4. The molecule has 6 heteroatoms. The van der Waals surface area contributed by atoms with E-state index in [-0.39, 0.29) is 31.3 Å². The van der Waals surface area contributed by atoms with Crippen molar-refractivity contribution in [1.29, 1.82) is 0 Å². The molecule has 0 fully saturated rings. The number of para-hydroxylation sites is 1. The SMILES string of the molecule is COc1ccccc1C1CN(CC(=O)O)C(=O)Cc2ccc(Cl)cc21. The number of methoxy groups -OCH3 is 1. The molecule has 1 N–H and O–H groups in total. The Bertz CT molecular complexity index is 821. The van der Waals surface area contributed by atoms with Gasteiger partial charge >= 0.3 is 5.97 Å². The summed E-state index contributed by atoms with van der Waals surface area (Å²) in [5.74, 6) is -0.752. The van der Waals surface area contributed by atoms with Crippen molar-refractivity contribution in [2.45, 2.75) is 12.3 Å². The molecule has 25 heavy (non-hydrogen) atoms. The summed E-state index contributed by atoms with van der Waals surface area (Å²) < 4.78 is 5.48. The average molecular weight is 360 g/mol. The molecule has 5 nitrogen and oxygen atoms in total. The zero-order valence-electron chi connectivity index (χ0n) is 13.7. The van der Waals surface area contributed by atoms with E-state index >= 15 is 0 Å². The van der Waals surface area contributed by atoms with Crippen LogP contribution in [0.5, 0.6) is 5.75 Å². The maximum Gasteiger partial charge on any atom is 0.323 e. The van der Waals surface area contributed by atoms with E-state index in [2.05, 4.69) is 0 Å². The van der Waals surface area contributed by atoms with Gasteiger partial charge in [0.25, 0.3) is 0 Å². The molecule has 0 aromatic heterocycles. The number of aliphatic carboxylic acids is 1. The lowest BCUT2D eigenvalue weighted by atomic mass is 9.87. The summed E-state index contributed by atoms with van der Waals surface area (Å²) in [6, 6.07) is 13.0. The van der Waals surface area contributed by atoms with Gasteiger partial charge in [0.15, 0.2) is 0 Å². The van der Waals surface area contributed by atoms with Crippen LogP contribution in [0.15, 0.2) is 42.5 Å². The van der Waals surface area contributed by atoms with Crippen LogP contribution in [-0.2, 0) is 16.0 Å². The van der Waals surface area contributed by atoms with Gasteiger partial charge in [0, 0.05) is 23.0 Å². The van der Waals surface area contributed by atoms with Gasteiger partial charge in [0.05, 0.1) is 13.5 Å². The summed E-state index contributed by atoms with van der Waals surface area (Å²) in [5.41, 5.74) is 2.69. The van der Waals surface area contributed by atoms with E-state index in [1.807, 2.05) is 36.4 Å². The predicted octanol–water partition coefficient (Wildman–Crippen LogP) is 2.95. The lowest BCUT2D eigenvalue weighted by molar-refractivity contribution is -0.144. The number of carboxylic acids is 1. The second-order valence-electron chi connectivity index (χ2n) is 5.98. The summed E-state index contributed by atoms with van der Waals surface area (Å²) in [6.07, 6.45) is 0.158. The zero-order valence-corrected chi connectivity index (χ0v) is 14.5. The fourth-order valence-corrected chi connectivity index (χ4v) is 3.46. The number of ether oxygens (including phenoxy) is 1. The molecule has 0 aliphatic carbocycles. The number of hydrogen-bond acceptors (Lipinski definition) is 3. The molecule has 1 aliphatic rings. The third kappa shape index (κ3) is 3.61. The Morgan fingerprint density at radius 1 is 1.28 bits per heavy atom. The van der Waals surface area contributed by atoms with Crippen LogP contribution < -0.4 is 4.74 Å². The number of nitrogens with zero attached hydrogens (tertiary/aromatic N) is 1. The quantitative estimate of drug-likeness (QED) is 0.911. The predicted molar refractivity (Wildman–Crippen MR) is 94.2 cm³/mol. The number of carbonyl (C=O) groups is 2. The summed E-state index contributed by atoms with van der Waals surface area (Å²) in [5, 5.41) is 9.74. The summed E-state index contributed by atoms with van der Waals surface area (Å²) >= 11 is 6.19. The summed E-state index contributed by atoms with van der Waals surface area (Å²) in [7, 11) is 1.59. The topological polar surface area (TPSA) is 66.8 Å². The van der Waals surface area contributed by atoms with E-state index in [4.69, 9.17) is 21.4 Å². The Kier molecular flexibility index (Phi) is 4.95. The summed E-state index contributed by atoms with van der Waals surface area (Å²) in [6.45, 7) is -0.0644. The van der Waals surface area contributed by atoms with Crippen molar-refractivity contribution in [2.75, 3.05) is 20.2 Å². The molecule has 1 aliphatic heterocycles. The zero-order chi connectivity index (χ0) is 18.0. The minimum Gasteiger partial charge on any atom is -0.496 e. The minimum atomic E-state index is -1.03. The molecular weight excluding hydrogens is 342 g/mol. The van der Waals surface area contributed by atoms with E-state index < -0.39 is 5.97 Å². The van der Waals surface area contributed by atoms with Crippen molar-refractivity contribution < 1.29 is 19.4 Å². The van der Waals surface area contributed by atoms with Crippen LogP contribution in [0.4, 0.5) is 0 Å². The number of carboxylic acid groups (broad SMARTS) is 1. The molecule has 1 atom stereocenters. The van der Waals surface area contributed by atoms with Gasteiger partial charge in [-0.1, -0.05) is 35.9 Å². The third-order valence-electron chi connectivity index (χ3n) is 4.42. The first kappa shape index (κ1) is 17.3. The first-order chi connectivity index (χ1) is 12.0. The smallest absolute Gasteiger partial charge is 0.323 e. The summed E-state index contributed by atoms with van der Waals surface area (Å²) in [4.78, 5) is 25.1. The lowest BCUT2D eigenvalue weighted by Gasteiger charge is -2.25. The second-order valence-corrected chi connectivity index (χ2v) is 6.42. The molecule has 3 rings (SSSR count). The van der Waals surface area contributed by atoms with Crippen LogP contribution in [0.25, 0.3) is 0 Å². The molecule has 0 spiro atoms. The van der Waals surface area contributed by atoms with Crippen LogP contribution in [0.2, 0.25) is 5.02 Å². The average Bonchev–Trinajstić information content (AvgIpc) is 2.71. The molecule has 0 bridgehead atoms. The van der Waals surface area contributed by atoms with Crippen molar-refractivity contribution in [3.05, 3.63) is 64.2 Å². The van der Waals surface area contributed by atoms with E-state index in [0.717, 1.165) is 16.7 Å². The molecule has 2 aromatic carbocycles. The number of fused-ring (bicyclic) bond motifs is 1. The highest BCUT2D eigenvalue weighted by Gasteiger charge is 2.31. The number of amides is 1. The Morgan fingerprint density at radius 3 is 2.76 bits per heavy atom. The number of hydrogen-bond donors (Lipinski definition) is 1. The van der Waals surface area contributed by atoms with Gasteiger partial charge in [-0.2, -0.15) is 0 Å². The van der Waals surface area contributed by atoms with E-state index in [0.29, 0.717) is 10.8 Å². The molecule has 0 radical (unpaired) electrons. The van der Waals surface area contributed by atoms with Gasteiger partial charge in [0.2, 0.25) is 5.91 Å². The highest BCUT2D eigenvalue weighted by atomic mass is 35.5. The van der Waals surface area contributed by atoms with Gasteiger partial charge in [-0.05, 0) is 29.3 Å². The first-order valence-electron chi connectivity index (χ1n) is 7.90. The van der Waals surface area contributed by atoms with Crippen molar-refractivity contribution >= 4 is 23.5 Å². The molecule has 1 heterocycles. The van der Waals surface area contributed by atoms with Crippen molar-refractivity contribution in [1.82, 2.24) is 4.90 Å². The second kappa shape index (κ2) is 7.15. The van der Waals surface area contributed by atoms with Crippen molar-refractivity contribution in [3.8, 4) is 5.75 Å². The van der Waals surface area contributed by atoms with Gasteiger partial charge in [-0.25, -0.2) is 0 Å². The molecule has 2 aromatic rings. The van der Waals surface area contributed by atoms with Crippen LogP contribution in [-0.4, -0.2) is 42.1 Å². The van der Waals surface area contributed by atoms with Crippen LogP contribution in [0, 0.1) is 0 Å². The number of carbonyl (C=O) groups excluding carboxylic acids is 1. The van der Waals surface area contributed by atoms with Crippen molar-refractivity contribution in [3.63, 3.8) is 0 Å². The first-order valence-corrected chi connectivity index (χ1v) is 8.28. The lowest BCUT2D eigenvalue weighted by Crippen LogP contribution is -2.38. The maximum atomic E-state index is 12.5. The number of rotatable bonds is 4. The highest BCUT2D eigenvalue weighted by molar-refractivity contribution is 6.30. The molecule has 1 amide bonds. The van der Waals surface area contributed by atoms with Crippen LogP contribution in [0.3, 0.4) is 0 Å². The Labute approximate surface area is 150 Å². The van der Waals surface area contributed by atoms with E-state index in [1.54, 1.807) is 13.2 Å². The van der Waals surface area contributed by atoms with Crippen LogP contribution >= 0.6 is 11.6 Å². The van der Waals surface area contributed by atoms with E-state index in [1.165, 1.54) is 4.90 Å². The molecule has 0 saturated carbocycles. The number of benzene rings is 2. The molecule has 130 valence electrons. The maximum absolute atomic E-state index is 12.5. The standard InChI is InChI=1S/C19H18ClNO4/c1-25-17-5-3-2-4-14(17)16-10-21(11-19(23)24)18(22)8-12-6-7-13(20)9-15(12)16/h2-7,9,16H,8,10-11H2,1H3,(H,23,24). The normalized spacial score (nSPS) is 17.0. The van der Waals surface area contributed by atoms with Gasteiger partial charge < -0.3 is 14.7 Å².